The van der Waals surface area contributed by atoms with Crippen molar-refractivity contribution in [3.63, 3.8) is 0 Å². The first kappa shape index (κ1) is 44.6. The second-order valence-electron chi connectivity index (χ2n) is 19.7. The van der Waals surface area contributed by atoms with Crippen LogP contribution in [0.15, 0.2) is 24.3 Å². The first-order valence-electron chi connectivity index (χ1n) is 20.9. The molecule has 55 heavy (non-hydrogen) atoms. The molecular formula is C47H74N2O6. The molecule has 2 aromatic carbocycles. The Morgan fingerprint density at radius 1 is 0.636 bits per heavy atom. The Morgan fingerprint density at radius 2 is 0.945 bits per heavy atom. The molecule has 2 aliphatic heterocycles. The van der Waals surface area contributed by atoms with Gasteiger partial charge in [-0.25, -0.2) is 0 Å². The molecule has 0 amide bonds. The molecule has 2 saturated heterocycles. The molecule has 0 aliphatic carbocycles. The Balaban J connectivity index is 1.92. The van der Waals surface area contributed by atoms with Gasteiger partial charge in [-0.3, -0.25) is 19.4 Å². The van der Waals surface area contributed by atoms with Crippen LogP contribution >= 0.6 is 0 Å². The molecule has 2 aliphatic rings. The molecule has 2 heterocycles. The number of hydrogen-bond donors (Lipinski definition) is 2. The summed E-state index contributed by atoms with van der Waals surface area (Å²) < 4.78 is 13.3. The summed E-state index contributed by atoms with van der Waals surface area (Å²) in [6.07, 6.45) is 6.91. The van der Waals surface area contributed by atoms with Gasteiger partial charge in [-0.1, -0.05) is 51.0 Å². The van der Waals surface area contributed by atoms with E-state index in [1.807, 2.05) is 38.1 Å². The average Bonchev–Trinajstić information content (AvgIpc) is 3.06. The predicted molar refractivity (Wildman–Crippen MR) is 223 cm³/mol. The zero-order valence-corrected chi connectivity index (χ0v) is 36.9. The van der Waals surface area contributed by atoms with Gasteiger partial charge < -0.3 is 19.7 Å². The summed E-state index contributed by atoms with van der Waals surface area (Å²) in [5.74, 6) is -0.637. The van der Waals surface area contributed by atoms with Crippen LogP contribution in [0.3, 0.4) is 0 Å². The quantitative estimate of drug-likeness (QED) is 0.145. The zero-order chi connectivity index (χ0) is 41.3. The Labute approximate surface area is 333 Å². The molecule has 8 nitrogen and oxygen atoms in total. The van der Waals surface area contributed by atoms with Gasteiger partial charge in [-0.05, 0) is 155 Å². The van der Waals surface area contributed by atoms with Crippen molar-refractivity contribution in [2.24, 2.45) is 5.41 Å². The van der Waals surface area contributed by atoms with Gasteiger partial charge in [0.1, 0.15) is 23.7 Å². The summed E-state index contributed by atoms with van der Waals surface area (Å²) in [6.45, 7) is 25.4. The lowest BCUT2D eigenvalue weighted by atomic mass is 9.74. The largest absolute Gasteiger partial charge is 0.507 e. The Hall–Kier alpha value is -3.10. The number of nitrogens with zero attached hydrogens (tertiary/aromatic N) is 2. The lowest BCUT2D eigenvalue weighted by Gasteiger charge is -2.53. The molecule has 2 aromatic rings. The molecule has 8 heteroatoms. The van der Waals surface area contributed by atoms with Gasteiger partial charge in [-0.15, -0.1) is 0 Å². The van der Waals surface area contributed by atoms with Crippen LogP contribution in [0.1, 0.15) is 154 Å². The molecule has 2 N–H and O–H groups in total. The van der Waals surface area contributed by atoms with Crippen LogP contribution < -0.4 is 0 Å². The van der Waals surface area contributed by atoms with E-state index >= 15 is 9.59 Å². The number of rotatable bonds is 14. The van der Waals surface area contributed by atoms with Crippen molar-refractivity contribution >= 4 is 11.9 Å². The van der Waals surface area contributed by atoms with E-state index in [2.05, 4.69) is 93.1 Å². The Morgan fingerprint density at radius 3 is 1.24 bits per heavy atom. The number of ether oxygens (including phenoxy) is 2. The maximum absolute atomic E-state index is 15.4. The van der Waals surface area contributed by atoms with Crippen LogP contribution in [-0.2, 0) is 44.7 Å². The number of phenols is 2. The van der Waals surface area contributed by atoms with E-state index in [0.717, 1.165) is 47.9 Å². The summed E-state index contributed by atoms with van der Waals surface area (Å²) in [5.41, 5.74) is 1.88. The molecule has 0 atom stereocenters. The van der Waals surface area contributed by atoms with E-state index in [-0.39, 0.29) is 46.5 Å². The second-order valence-corrected chi connectivity index (χ2v) is 19.7. The highest BCUT2D eigenvalue weighted by Gasteiger charge is 2.54. The fourth-order valence-corrected chi connectivity index (χ4v) is 9.57. The molecular weight excluding hydrogens is 689 g/mol. The molecule has 308 valence electrons. The zero-order valence-electron chi connectivity index (χ0n) is 36.9. The van der Waals surface area contributed by atoms with E-state index in [9.17, 15) is 10.2 Å². The van der Waals surface area contributed by atoms with Crippen molar-refractivity contribution in [2.75, 3.05) is 14.1 Å². The minimum absolute atomic E-state index is 0.0495. The van der Waals surface area contributed by atoms with Crippen LogP contribution in [0, 0.1) is 19.3 Å². The fraction of sp³-hybridized carbons (Fsp3) is 0.702. The second kappa shape index (κ2) is 16.8. The Bertz CT molecular complexity index is 1530. The summed E-state index contributed by atoms with van der Waals surface area (Å²) in [5, 5.41) is 22.2. The number of esters is 2. The first-order chi connectivity index (χ1) is 25.4. The summed E-state index contributed by atoms with van der Waals surface area (Å²) >= 11 is 0. The van der Waals surface area contributed by atoms with Crippen molar-refractivity contribution in [1.82, 2.24) is 9.80 Å². The third-order valence-electron chi connectivity index (χ3n) is 13.4. The van der Waals surface area contributed by atoms with Gasteiger partial charge in [0.25, 0.3) is 0 Å². The van der Waals surface area contributed by atoms with Crippen LogP contribution in [0.25, 0.3) is 0 Å². The van der Waals surface area contributed by atoms with E-state index in [0.29, 0.717) is 49.7 Å². The van der Waals surface area contributed by atoms with E-state index in [1.165, 1.54) is 0 Å². The monoisotopic (exact) mass is 763 g/mol. The van der Waals surface area contributed by atoms with Gasteiger partial charge in [0.15, 0.2) is 5.41 Å². The SMILES string of the molecule is CCCCc1cc(CC(Cc2cc(C)c(O)c(CCCC)c2)(C(=O)OC2CC(C)(C)N(C)C(C)(C)C2)C(=O)OC2CC(C)(C)N(C)C(C)(C)C2)cc(C)c1O. The number of piperidine rings is 2. The molecule has 4 rings (SSSR count). The third-order valence-corrected chi connectivity index (χ3v) is 13.4. The van der Waals surface area contributed by atoms with Gasteiger partial charge >= 0.3 is 11.9 Å². The lowest BCUT2D eigenvalue weighted by molar-refractivity contribution is -0.187. The highest BCUT2D eigenvalue weighted by atomic mass is 16.6. The molecule has 0 unspecified atom stereocenters. The minimum atomic E-state index is -1.74. The number of aromatic hydroxyl groups is 2. The fourth-order valence-electron chi connectivity index (χ4n) is 9.57. The number of unbranched alkanes of at least 4 members (excludes halogenated alkanes) is 2. The number of phenolic OH excluding ortho intramolecular Hbond substituents is 2. The van der Waals surface area contributed by atoms with E-state index in [4.69, 9.17) is 9.47 Å². The number of likely N-dealkylation sites (tertiary alicyclic amines) is 2. The number of hydrogen-bond acceptors (Lipinski definition) is 8. The lowest BCUT2D eigenvalue weighted by Crippen LogP contribution is -2.61. The third kappa shape index (κ3) is 9.90. The number of aryl methyl sites for hydroxylation is 4. The van der Waals surface area contributed by atoms with Gasteiger partial charge in [-0.2, -0.15) is 0 Å². The molecule has 0 bridgehead atoms. The number of carbonyl (C=O) groups is 2. The van der Waals surface area contributed by atoms with Crippen LogP contribution in [0.2, 0.25) is 0 Å². The molecule has 0 spiro atoms. The van der Waals surface area contributed by atoms with Crippen LogP contribution in [0.4, 0.5) is 0 Å². The van der Waals surface area contributed by atoms with Crippen LogP contribution in [-0.4, -0.2) is 80.4 Å². The minimum Gasteiger partial charge on any atom is -0.507 e. The standard InChI is InChI=1S/C47H74N2O6/c1-15-17-19-35-23-33(21-31(3)39(35)50)25-47(26-34-22-32(4)40(51)36(24-34)20-18-16-2,41(52)54-37-27-43(5,6)48(13)44(7,8)28-37)42(53)55-38-29-45(9,10)49(14)46(11,12)30-38/h21-24,37-38,50-51H,15-20,25-30H2,1-14H3. The number of carbonyl (C=O) groups excluding carboxylic acids is 2. The summed E-state index contributed by atoms with van der Waals surface area (Å²) in [6, 6.07) is 7.73. The highest BCUT2D eigenvalue weighted by molar-refractivity contribution is 6.01. The smallest absolute Gasteiger partial charge is 0.324 e. The molecule has 2 fully saturated rings. The maximum Gasteiger partial charge on any atom is 0.324 e. The summed E-state index contributed by atoms with van der Waals surface area (Å²) in [4.78, 5) is 35.5. The van der Waals surface area contributed by atoms with Crippen molar-refractivity contribution in [3.8, 4) is 11.5 Å². The van der Waals surface area contributed by atoms with Crippen molar-refractivity contribution in [3.05, 3.63) is 57.6 Å². The normalized spacial score (nSPS) is 20.3. The predicted octanol–water partition coefficient (Wildman–Crippen LogP) is 9.56. The van der Waals surface area contributed by atoms with Crippen LogP contribution in [0.5, 0.6) is 11.5 Å². The molecule has 0 radical (unpaired) electrons. The van der Waals surface area contributed by atoms with Crippen molar-refractivity contribution < 1.29 is 29.3 Å². The van der Waals surface area contributed by atoms with E-state index < -0.39 is 29.6 Å². The number of benzene rings is 2. The summed E-state index contributed by atoms with van der Waals surface area (Å²) in [7, 11) is 4.24. The van der Waals surface area contributed by atoms with Gasteiger partial charge in [0, 0.05) is 47.8 Å². The van der Waals surface area contributed by atoms with Gasteiger partial charge in [0.05, 0.1) is 0 Å². The molecule has 0 saturated carbocycles. The van der Waals surface area contributed by atoms with Crippen molar-refractivity contribution in [2.45, 2.75) is 194 Å². The maximum atomic E-state index is 15.4. The van der Waals surface area contributed by atoms with Crippen molar-refractivity contribution in [1.29, 1.82) is 0 Å². The molecule has 0 aromatic heterocycles. The Kier molecular flexibility index (Phi) is 13.6. The first-order valence-corrected chi connectivity index (χ1v) is 20.9. The highest BCUT2D eigenvalue weighted by Crippen LogP contribution is 2.43. The topological polar surface area (TPSA) is 99.5 Å². The average molecular weight is 763 g/mol. The van der Waals surface area contributed by atoms with Gasteiger partial charge in [0.2, 0.25) is 0 Å². The van der Waals surface area contributed by atoms with E-state index in [1.54, 1.807) is 0 Å².